The highest BCUT2D eigenvalue weighted by molar-refractivity contribution is 14.1. The molecule has 0 unspecified atom stereocenters. The second kappa shape index (κ2) is 33.5. The summed E-state index contributed by atoms with van der Waals surface area (Å²) >= 11 is 8.65. The van der Waals surface area contributed by atoms with Gasteiger partial charge in [-0.2, -0.15) is 0 Å². The van der Waals surface area contributed by atoms with Crippen molar-refractivity contribution >= 4 is 90.1 Å². The SMILES string of the molecule is CC(=O)c1c(C)cccc1O.Cc1c(B2OC(C)(C)C(C)(C)O2)ccc2c1CCO2.Cc1c(I)ccc2c1CCO2.Cc1cccc(O)c1Br.Cc1cccc(O)c1C(=O)CBr.Cc1cccc(O)c1N.Cc1cccc2c1C(=O)CO2.Cc1cccc2c1CCO2. The zero-order valence-corrected chi connectivity index (χ0v) is 59.9. The average molecular weight is 1490 g/mol. The Balaban J connectivity index is 0.000000169. The Hall–Kier alpha value is -7.36. The molecule has 0 bridgehead atoms. The van der Waals surface area contributed by atoms with Gasteiger partial charge in [0.2, 0.25) is 5.78 Å². The van der Waals surface area contributed by atoms with Crippen molar-refractivity contribution in [2.24, 2.45) is 0 Å². The number of benzene rings is 8. The van der Waals surface area contributed by atoms with E-state index >= 15 is 0 Å². The molecule has 0 atom stereocenters. The Kier molecular flexibility index (Phi) is 26.8. The van der Waals surface area contributed by atoms with E-state index < -0.39 is 0 Å². The highest BCUT2D eigenvalue weighted by Crippen LogP contribution is 2.38. The van der Waals surface area contributed by atoms with Gasteiger partial charge >= 0.3 is 7.12 Å². The van der Waals surface area contributed by atoms with Gasteiger partial charge in [-0.05, 0) is 233 Å². The summed E-state index contributed by atoms with van der Waals surface area (Å²) < 4.78 is 35.9. The molecule has 486 valence electrons. The molecule has 13 rings (SSSR count). The largest absolute Gasteiger partial charge is 0.507 e. The number of halogens is 3. The van der Waals surface area contributed by atoms with Crippen LogP contribution in [0.1, 0.15) is 127 Å². The summed E-state index contributed by atoms with van der Waals surface area (Å²) in [5.41, 5.74) is 20.7. The van der Waals surface area contributed by atoms with Crippen molar-refractivity contribution in [3.8, 4) is 46.0 Å². The van der Waals surface area contributed by atoms with E-state index in [1.807, 2.05) is 75.4 Å². The van der Waals surface area contributed by atoms with Crippen LogP contribution in [0.4, 0.5) is 5.69 Å². The zero-order valence-electron chi connectivity index (χ0n) is 54.6. The maximum Gasteiger partial charge on any atom is 0.495 e. The second-order valence-electron chi connectivity index (χ2n) is 23.5. The van der Waals surface area contributed by atoms with E-state index in [0.717, 1.165) is 105 Å². The van der Waals surface area contributed by atoms with Crippen LogP contribution in [0.5, 0.6) is 46.0 Å². The molecule has 1 saturated heterocycles. The van der Waals surface area contributed by atoms with Gasteiger partial charge in [0.05, 0.1) is 63.2 Å². The molecule has 0 saturated carbocycles. The lowest BCUT2D eigenvalue weighted by molar-refractivity contribution is 0.00578. The molecule has 14 nitrogen and oxygen atoms in total. The second-order valence-corrected chi connectivity index (χ2v) is 26.0. The molecule has 8 aromatic rings. The summed E-state index contributed by atoms with van der Waals surface area (Å²) in [4.78, 5) is 33.3. The minimum Gasteiger partial charge on any atom is -0.507 e. The van der Waals surface area contributed by atoms with Crippen molar-refractivity contribution in [2.75, 3.05) is 37.5 Å². The van der Waals surface area contributed by atoms with Crippen LogP contribution >= 0.6 is 54.5 Å². The van der Waals surface area contributed by atoms with Crippen molar-refractivity contribution < 1.29 is 63.1 Å². The smallest absolute Gasteiger partial charge is 0.495 e. The maximum atomic E-state index is 11.2. The van der Waals surface area contributed by atoms with E-state index in [-0.39, 0.29) is 64.9 Å². The minimum absolute atomic E-state index is 0.0550. The molecule has 0 aliphatic carbocycles. The number of rotatable bonds is 4. The molecule has 0 radical (unpaired) electrons. The number of hydrogen-bond donors (Lipinski definition) is 5. The van der Waals surface area contributed by atoms with Crippen LogP contribution in [0.25, 0.3) is 0 Å². The number of fused-ring (bicyclic) bond motifs is 4. The quantitative estimate of drug-likeness (QED) is 0.0277. The number of para-hydroxylation sites is 1. The molecule has 0 aromatic heterocycles. The number of hydrogen-bond acceptors (Lipinski definition) is 14. The number of aryl methyl sites for hydroxylation is 6. The molecular formula is C74H83BBr2INO13. The van der Waals surface area contributed by atoms with Gasteiger partial charge in [-0.15, -0.1) is 0 Å². The van der Waals surface area contributed by atoms with Gasteiger partial charge in [-0.1, -0.05) is 94.8 Å². The third-order valence-corrected chi connectivity index (χ3v) is 19.1. The maximum absolute atomic E-state index is 11.2. The summed E-state index contributed by atoms with van der Waals surface area (Å²) in [5, 5.41) is 36.9. The number of phenolic OH excluding ortho intramolecular Hbond substituents is 4. The van der Waals surface area contributed by atoms with Gasteiger partial charge in [0.15, 0.2) is 18.2 Å². The first kappa shape index (κ1) is 73.7. The lowest BCUT2D eigenvalue weighted by Crippen LogP contribution is -2.41. The van der Waals surface area contributed by atoms with Crippen LogP contribution in [0, 0.1) is 59.0 Å². The molecule has 0 amide bonds. The molecule has 92 heavy (non-hydrogen) atoms. The number of nitrogen functional groups attached to an aromatic ring is 1. The summed E-state index contributed by atoms with van der Waals surface area (Å²) in [6.07, 6.45) is 3.15. The molecule has 5 aliphatic heterocycles. The van der Waals surface area contributed by atoms with Gasteiger partial charge < -0.3 is 54.4 Å². The summed E-state index contributed by atoms with van der Waals surface area (Å²) in [7, 11) is -0.282. The molecule has 6 N–H and O–H groups in total. The Labute approximate surface area is 572 Å². The molecule has 1 fully saturated rings. The van der Waals surface area contributed by atoms with Gasteiger partial charge in [0, 0.05) is 39.5 Å². The van der Waals surface area contributed by atoms with Gasteiger partial charge in [-0.25, -0.2) is 0 Å². The van der Waals surface area contributed by atoms with Crippen molar-refractivity contribution in [3.63, 3.8) is 0 Å². The minimum atomic E-state index is -0.292. The van der Waals surface area contributed by atoms with Gasteiger partial charge in [0.25, 0.3) is 0 Å². The van der Waals surface area contributed by atoms with E-state index in [9.17, 15) is 24.6 Å². The molecule has 8 aromatic carbocycles. The monoisotopic (exact) mass is 1490 g/mol. The normalized spacial score (nSPS) is 14.1. The number of carbonyl (C=O) groups excluding carboxylic acids is 3. The molecule has 18 heteroatoms. The van der Waals surface area contributed by atoms with Crippen LogP contribution in [-0.2, 0) is 28.6 Å². The predicted molar refractivity (Wildman–Crippen MR) is 382 cm³/mol. The molecular weight excluding hydrogens is 1410 g/mol. The number of carbonyl (C=O) groups is 3. The van der Waals surface area contributed by atoms with E-state index in [2.05, 4.69) is 127 Å². The number of ether oxygens (including phenoxy) is 4. The average Bonchev–Trinajstić information content (AvgIpc) is 1.62. The van der Waals surface area contributed by atoms with Gasteiger partial charge in [0.1, 0.15) is 46.0 Å². The number of alkyl halides is 1. The highest BCUT2D eigenvalue weighted by Gasteiger charge is 2.52. The third-order valence-electron chi connectivity index (χ3n) is 16.4. The van der Waals surface area contributed by atoms with Crippen LogP contribution in [0.15, 0.2) is 138 Å². The fourth-order valence-electron chi connectivity index (χ4n) is 10.3. The first-order valence-electron chi connectivity index (χ1n) is 30.1. The number of ketones is 3. The van der Waals surface area contributed by atoms with Crippen molar-refractivity contribution in [1.29, 1.82) is 0 Å². The Morgan fingerprint density at radius 2 is 0.957 bits per heavy atom. The zero-order chi connectivity index (χ0) is 67.8. The molecule has 5 heterocycles. The lowest BCUT2D eigenvalue weighted by atomic mass is 9.75. The highest BCUT2D eigenvalue weighted by atomic mass is 127. The Bertz CT molecular complexity index is 3760. The van der Waals surface area contributed by atoms with E-state index in [4.69, 9.17) is 44.2 Å². The fourth-order valence-corrected chi connectivity index (χ4v) is 11.4. The lowest BCUT2D eigenvalue weighted by Gasteiger charge is -2.32. The first-order valence-corrected chi connectivity index (χ1v) is 33.1. The predicted octanol–water partition coefficient (Wildman–Crippen LogP) is 16.2. The number of anilines is 1. The van der Waals surface area contributed by atoms with E-state index in [0.29, 0.717) is 22.6 Å². The first-order chi connectivity index (χ1) is 43.5. The van der Waals surface area contributed by atoms with Crippen LogP contribution in [0.2, 0.25) is 0 Å². The van der Waals surface area contributed by atoms with E-state index in [1.165, 1.54) is 56.0 Å². The van der Waals surface area contributed by atoms with Crippen LogP contribution in [0.3, 0.4) is 0 Å². The van der Waals surface area contributed by atoms with Crippen LogP contribution in [-0.4, -0.2) is 87.9 Å². The fraction of sp³-hybridized carbons (Fsp3) is 0.311. The third kappa shape index (κ3) is 18.9. The van der Waals surface area contributed by atoms with Gasteiger partial charge in [-0.3, -0.25) is 14.4 Å². The van der Waals surface area contributed by atoms with Crippen molar-refractivity contribution in [1.82, 2.24) is 0 Å². The van der Waals surface area contributed by atoms with Crippen LogP contribution < -0.4 is 30.1 Å². The van der Waals surface area contributed by atoms with Crippen molar-refractivity contribution in [3.05, 3.63) is 219 Å². The Morgan fingerprint density at radius 3 is 1.42 bits per heavy atom. The van der Waals surface area contributed by atoms with E-state index in [1.54, 1.807) is 56.3 Å². The number of aromatic hydroxyl groups is 4. The molecule has 0 spiro atoms. The number of phenols is 4. The summed E-state index contributed by atoms with van der Waals surface area (Å²) in [5.74, 6) is 4.40. The van der Waals surface area contributed by atoms with Crippen molar-refractivity contribution in [2.45, 2.75) is 120 Å². The standard InChI is InChI=1S/C15H21BO3.C9H9BrO2.C9H9IO.C9H8O2.C9H10O2.C9H10O.C7H7BrO.C7H9NO/c1-10-11-8-9-17-13(11)7-6-12(10)16-18-14(2,3)15(4,5)19-16;1-6-3-2-4-7(11)9(6)8(12)5-10;1-6-7-4-5-11-9(7)3-2-8(6)10;1-6-3-2-4-8-9(6)7(10)5-11-8;1-6-4-3-5-8(11)9(6)7(2)10;1-7-3-2-4-9-8(7)5-6-10-9;2*1-5-3-2-4-6(9)7(5)8/h6-7H,8-9H2,1-5H3;2-4,11H,5H2,1H3;2-3H,4-5H2,1H3;2-4H,5H2,1H3;3-5,11H,1-2H3;2-4H,5-6H2,1H3;2-4,9H,1H3;2-4,9H,8H2,1H3. The topological polar surface area (TPSA) is 214 Å². The summed E-state index contributed by atoms with van der Waals surface area (Å²) in [6.45, 7) is 28.2. The number of nitrogens with two attached hydrogens (primary N) is 1. The Morgan fingerprint density at radius 1 is 0.522 bits per heavy atom. The number of Topliss-reactive ketones (excluding diaryl/α,β-unsaturated/α-hetero) is 3. The summed E-state index contributed by atoms with van der Waals surface area (Å²) in [6, 6.07) is 40.8. The molecule has 5 aliphatic rings.